The number of carboxylic acids is 2. The number of nitrogens with zero attached hydrogens (tertiary/aromatic N) is 1. The van der Waals surface area contributed by atoms with Gasteiger partial charge in [-0.3, -0.25) is 29.0 Å². The van der Waals surface area contributed by atoms with Crippen LogP contribution < -0.4 is 44.2 Å². The van der Waals surface area contributed by atoms with E-state index < -0.39 is 72.3 Å². The van der Waals surface area contributed by atoms with Crippen LogP contribution in [0.3, 0.4) is 0 Å². The summed E-state index contributed by atoms with van der Waals surface area (Å²) in [5.41, 5.74) is 25.6. The van der Waals surface area contributed by atoms with Crippen LogP contribution in [-0.4, -0.2) is 110 Å². The van der Waals surface area contributed by atoms with Crippen LogP contribution in [0.15, 0.2) is 84.0 Å². The highest BCUT2D eigenvalue weighted by Gasteiger charge is 2.29. The van der Waals surface area contributed by atoms with Crippen LogP contribution in [0.1, 0.15) is 49.8 Å². The first kappa shape index (κ1) is 50.2. The minimum atomic E-state index is -1.25. The summed E-state index contributed by atoms with van der Waals surface area (Å²) in [5, 5.41) is 48.1. The number of aromatic nitrogens is 1. The fourth-order valence-corrected chi connectivity index (χ4v) is 6.28. The lowest BCUT2D eigenvalue weighted by atomic mass is 10.0. The van der Waals surface area contributed by atoms with E-state index in [2.05, 4.69) is 31.2 Å². The Hall–Kier alpha value is -7.19. The number of hydrogen-bond acceptors (Lipinski definition) is 11. The van der Waals surface area contributed by atoms with Crippen LogP contribution in [0.5, 0.6) is 11.5 Å². The zero-order valence-electron chi connectivity index (χ0n) is 35.1. The zero-order chi connectivity index (χ0) is 46.6. The first-order valence-electron chi connectivity index (χ1n) is 20.1. The van der Waals surface area contributed by atoms with E-state index in [9.17, 15) is 44.1 Å². The lowest BCUT2D eigenvalue weighted by Crippen LogP contribution is -2.56. The van der Waals surface area contributed by atoms with Gasteiger partial charge in [0.25, 0.3) is 0 Å². The van der Waals surface area contributed by atoms with Crippen molar-refractivity contribution in [3.05, 3.63) is 95.7 Å². The Kier molecular flexibility index (Phi) is 19.8. The van der Waals surface area contributed by atoms with E-state index in [1.54, 1.807) is 30.5 Å². The normalized spacial score (nSPS) is 13.2. The van der Waals surface area contributed by atoms with Crippen LogP contribution in [0, 0.1) is 5.92 Å². The first-order valence-corrected chi connectivity index (χ1v) is 20.1. The molecule has 17 N–H and O–H groups in total. The smallest absolute Gasteiger partial charge is 0.326 e. The molecule has 5 atom stereocenters. The number of nitrogens with one attached hydrogen (secondary N) is 5. The van der Waals surface area contributed by atoms with Crippen molar-refractivity contribution in [3.63, 3.8) is 0 Å². The monoisotopic (exact) mass is 874 g/mol. The molecule has 0 saturated heterocycles. The summed E-state index contributed by atoms with van der Waals surface area (Å²) in [4.78, 5) is 80.3. The van der Waals surface area contributed by atoms with Crippen molar-refractivity contribution in [2.75, 3.05) is 13.1 Å². The van der Waals surface area contributed by atoms with Crippen LogP contribution in [0.25, 0.3) is 10.9 Å². The molecule has 3 aromatic carbocycles. The number of carboxylic acid groups (broad SMARTS) is 2. The standard InChI is InChI=1S/C23H37N7O6.C20H21N3O4/c1-13(2)10-16(24)20(34)29-17(4-3-9-27-23(25)26)22(36)30-18(21(35)28-12-19(32)33)11-14-5-7-15(31)8-6-14;21-16(9-12-5-7-14(24)8-6-12)19(25)23-18(20(26)27)10-13-11-22-17-4-2-1-3-15(13)17/h5-8,13,16-18,31H,3-4,9-12,24H2,1-2H3,(H,28,35)(H,29,34)(H,30,36)(H,32,33)(H4,25,26,27);1-8,11,16,18,22,24H,9-10,21H2,(H,23,25)(H,26,27)/t16-,17-,18-;16-,18-/m00/s1. The summed E-state index contributed by atoms with van der Waals surface area (Å²) >= 11 is 0. The second-order valence-corrected chi connectivity index (χ2v) is 15.2. The van der Waals surface area contributed by atoms with Gasteiger partial charge in [-0.1, -0.05) is 56.3 Å². The third-order valence-electron chi connectivity index (χ3n) is 9.51. The Labute approximate surface area is 363 Å². The Balaban J connectivity index is 0.000000348. The van der Waals surface area contributed by atoms with Gasteiger partial charge in [0, 0.05) is 36.5 Å². The Morgan fingerprint density at radius 2 is 1.24 bits per heavy atom. The molecule has 1 aromatic heterocycles. The average molecular weight is 875 g/mol. The molecule has 0 saturated carbocycles. The Morgan fingerprint density at radius 1 is 0.683 bits per heavy atom. The van der Waals surface area contributed by atoms with Gasteiger partial charge < -0.3 is 69.6 Å². The third-order valence-corrected chi connectivity index (χ3v) is 9.51. The minimum Gasteiger partial charge on any atom is -0.508 e. The predicted molar refractivity (Wildman–Crippen MR) is 235 cm³/mol. The molecule has 0 aliphatic carbocycles. The SMILES string of the molecule is CC(C)C[C@H](N)C(=O)N[C@@H](CCCN=C(N)N)C(=O)N[C@@H](Cc1ccc(O)cc1)C(=O)NCC(=O)O.N[C@@H](Cc1ccc(O)cc1)C(=O)N[C@@H](Cc1c[nH]c2ccccc12)C(=O)O. The molecule has 0 spiro atoms. The fraction of sp³-hybridized carbons (Fsp3) is 0.372. The number of carbonyl (C=O) groups is 6. The van der Waals surface area contributed by atoms with Gasteiger partial charge in [-0.05, 0) is 78.6 Å². The molecule has 0 unspecified atom stereocenters. The quantitative estimate of drug-likeness (QED) is 0.0283. The highest BCUT2D eigenvalue weighted by Crippen LogP contribution is 2.20. The topological polar surface area (TPSA) is 364 Å². The molecule has 63 heavy (non-hydrogen) atoms. The number of aliphatic imine (C=N–C) groups is 1. The summed E-state index contributed by atoms with van der Waals surface area (Å²) in [6.07, 6.45) is 3.08. The minimum absolute atomic E-state index is 0.0129. The maximum absolute atomic E-state index is 13.2. The number of benzene rings is 3. The lowest BCUT2D eigenvalue weighted by Gasteiger charge is -2.24. The Morgan fingerprint density at radius 3 is 1.81 bits per heavy atom. The number of para-hydroxylation sites is 1. The van der Waals surface area contributed by atoms with Crippen molar-refractivity contribution in [2.45, 2.75) is 82.6 Å². The number of rotatable bonds is 22. The van der Waals surface area contributed by atoms with Gasteiger partial charge in [0.05, 0.1) is 12.1 Å². The molecule has 1 heterocycles. The first-order chi connectivity index (χ1) is 29.8. The summed E-state index contributed by atoms with van der Waals surface area (Å²) in [6.45, 7) is 3.41. The van der Waals surface area contributed by atoms with Crippen LogP contribution in [-0.2, 0) is 48.0 Å². The van der Waals surface area contributed by atoms with Crippen LogP contribution in [0.2, 0.25) is 0 Å². The molecule has 0 bridgehead atoms. The molecule has 0 aliphatic rings. The number of aliphatic carboxylic acids is 2. The highest BCUT2D eigenvalue weighted by molar-refractivity contribution is 5.94. The van der Waals surface area contributed by atoms with Crippen LogP contribution >= 0.6 is 0 Å². The van der Waals surface area contributed by atoms with E-state index in [4.69, 9.17) is 28.0 Å². The number of guanidine groups is 1. The van der Waals surface area contributed by atoms with Crippen LogP contribution in [0.4, 0.5) is 0 Å². The van der Waals surface area contributed by atoms with Crippen molar-refractivity contribution in [1.29, 1.82) is 0 Å². The highest BCUT2D eigenvalue weighted by atomic mass is 16.4. The molecule has 4 rings (SSSR count). The summed E-state index contributed by atoms with van der Waals surface area (Å²) in [5.74, 6) is -4.59. The predicted octanol–water partition coefficient (Wildman–Crippen LogP) is 0.0875. The average Bonchev–Trinajstić information content (AvgIpc) is 3.64. The molecule has 0 radical (unpaired) electrons. The van der Waals surface area contributed by atoms with Crippen molar-refractivity contribution in [2.24, 2.45) is 33.8 Å². The molecule has 20 heteroatoms. The van der Waals surface area contributed by atoms with E-state index in [1.807, 2.05) is 38.1 Å². The van der Waals surface area contributed by atoms with Crippen molar-refractivity contribution < 1.29 is 49.2 Å². The summed E-state index contributed by atoms with van der Waals surface area (Å²) < 4.78 is 0. The van der Waals surface area contributed by atoms with E-state index in [1.165, 1.54) is 24.3 Å². The number of hydrogen-bond donors (Lipinski definition) is 13. The van der Waals surface area contributed by atoms with Gasteiger partial charge in [-0.2, -0.15) is 0 Å². The summed E-state index contributed by atoms with van der Waals surface area (Å²) in [7, 11) is 0. The maximum Gasteiger partial charge on any atom is 0.326 e. The van der Waals surface area contributed by atoms with Crippen molar-refractivity contribution >= 4 is 52.4 Å². The number of carbonyl (C=O) groups excluding carboxylic acids is 4. The van der Waals surface area contributed by atoms with Gasteiger partial charge >= 0.3 is 11.9 Å². The molecular weight excluding hydrogens is 817 g/mol. The van der Waals surface area contributed by atoms with E-state index in [-0.39, 0.29) is 55.6 Å². The van der Waals surface area contributed by atoms with Gasteiger partial charge in [0.15, 0.2) is 5.96 Å². The molecule has 4 amide bonds. The van der Waals surface area contributed by atoms with E-state index in [0.717, 1.165) is 22.0 Å². The lowest BCUT2D eigenvalue weighted by molar-refractivity contribution is -0.142. The van der Waals surface area contributed by atoms with Crippen molar-refractivity contribution in [1.82, 2.24) is 26.3 Å². The van der Waals surface area contributed by atoms with E-state index >= 15 is 0 Å². The number of nitrogens with two attached hydrogens (primary N) is 4. The second kappa shape index (κ2) is 24.9. The third kappa shape index (κ3) is 17.7. The molecule has 340 valence electrons. The molecule has 4 aromatic rings. The maximum atomic E-state index is 13.2. The number of aromatic hydroxyl groups is 2. The zero-order valence-corrected chi connectivity index (χ0v) is 35.1. The number of H-pyrrole nitrogens is 1. The molecule has 0 fully saturated rings. The fourth-order valence-electron chi connectivity index (χ4n) is 6.28. The van der Waals surface area contributed by atoms with Gasteiger partial charge in [0.2, 0.25) is 23.6 Å². The molecule has 0 aliphatic heterocycles. The van der Waals surface area contributed by atoms with Gasteiger partial charge in [-0.15, -0.1) is 0 Å². The number of phenolic OH excluding ortho intramolecular Hbond substituents is 2. The molecular formula is C43H58N10O10. The largest absolute Gasteiger partial charge is 0.508 e. The van der Waals surface area contributed by atoms with E-state index in [0.29, 0.717) is 18.4 Å². The number of amides is 4. The number of phenols is 2. The Bertz CT molecular complexity index is 2170. The second-order valence-electron chi connectivity index (χ2n) is 15.2. The van der Waals surface area contributed by atoms with Gasteiger partial charge in [0.1, 0.15) is 36.2 Å². The number of fused-ring (bicyclic) bond motifs is 1. The molecule has 20 nitrogen and oxygen atoms in total. The number of aromatic amines is 1. The van der Waals surface area contributed by atoms with Crippen molar-refractivity contribution in [3.8, 4) is 11.5 Å². The van der Waals surface area contributed by atoms with Gasteiger partial charge in [-0.25, -0.2) is 4.79 Å². The summed E-state index contributed by atoms with van der Waals surface area (Å²) in [6, 6.07) is 14.9.